The number of nitro benzene ring substituents is 1. The Labute approximate surface area is 114 Å². The van der Waals surface area contributed by atoms with Crippen molar-refractivity contribution < 1.29 is 14.1 Å². The van der Waals surface area contributed by atoms with Crippen LogP contribution in [0.1, 0.15) is 18.5 Å². The Morgan fingerprint density at radius 3 is 2.70 bits per heavy atom. The SMILES string of the molecule is CC(N)c1cccc(Oc2cc(F)ccc2[N+](=O)[O-])c1. The van der Waals surface area contributed by atoms with Crippen LogP contribution in [0.15, 0.2) is 42.5 Å². The van der Waals surface area contributed by atoms with Gasteiger partial charge >= 0.3 is 5.69 Å². The first-order valence-electron chi connectivity index (χ1n) is 5.94. The van der Waals surface area contributed by atoms with Crippen LogP contribution >= 0.6 is 0 Å². The molecule has 0 aliphatic heterocycles. The van der Waals surface area contributed by atoms with Gasteiger partial charge in [-0.1, -0.05) is 12.1 Å². The third-order valence-corrected chi connectivity index (χ3v) is 2.73. The Balaban J connectivity index is 2.36. The fraction of sp³-hybridized carbons (Fsp3) is 0.143. The topological polar surface area (TPSA) is 78.4 Å². The van der Waals surface area contributed by atoms with Gasteiger partial charge in [0, 0.05) is 18.2 Å². The zero-order valence-electron chi connectivity index (χ0n) is 10.7. The molecule has 0 bridgehead atoms. The molecule has 2 aromatic rings. The normalized spacial score (nSPS) is 11.9. The summed E-state index contributed by atoms with van der Waals surface area (Å²) in [6, 6.07) is 9.71. The minimum absolute atomic E-state index is 0.142. The molecule has 1 atom stereocenters. The van der Waals surface area contributed by atoms with Gasteiger partial charge < -0.3 is 10.5 Å². The number of benzene rings is 2. The summed E-state index contributed by atoms with van der Waals surface area (Å²) in [5.74, 6) is -0.376. The number of hydrogen-bond donors (Lipinski definition) is 1. The van der Waals surface area contributed by atoms with Crippen LogP contribution in [0.25, 0.3) is 0 Å². The average Bonchev–Trinajstić information content (AvgIpc) is 2.38. The summed E-state index contributed by atoms with van der Waals surface area (Å²) in [6.45, 7) is 1.81. The highest BCUT2D eigenvalue weighted by Gasteiger charge is 2.16. The van der Waals surface area contributed by atoms with Crippen LogP contribution in [-0.2, 0) is 0 Å². The van der Waals surface area contributed by atoms with Crippen LogP contribution in [0.3, 0.4) is 0 Å². The zero-order valence-corrected chi connectivity index (χ0v) is 10.7. The number of ether oxygens (including phenoxy) is 1. The lowest BCUT2D eigenvalue weighted by Gasteiger charge is -2.10. The van der Waals surface area contributed by atoms with Crippen molar-refractivity contribution in [1.82, 2.24) is 0 Å². The summed E-state index contributed by atoms with van der Waals surface area (Å²) in [6.07, 6.45) is 0. The Hall–Kier alpha value is -2.47. The first kappa shape index (κ1) is 14.0. The van der Waals surface area contributed by atoms with E-state index in [4.69, 9.17) is 10.5 Å². The van der Waals surface area contributed by atoms with E-state index in [-0.39, 0.29) is 17.5 Å². The molecule has 20 heavy (non-hydrogen) atoms. The van der Waals surface area contributed by atoms with Crippen LogP contribution < -0.4 is 10.5 Å². The van der Waals surface area contributed by atoms with Crippen LogP contribution in [0.4, 0.5) is 10.1 Å². The molecule has 0 fully saturated rings. The smallest absolute Gasteiger partial charge is 0.311 e. The molecule has 2 aromatic carbocycles. The number of nitrogens with two attached hydrogens (primary N) is 1. The van der Waals surface area contributed by atoms with E-state index in [1.165, 1.54) is 0 Å². The number of nitro groups is 1. The standard InChI is InChI=1S/C14H13FN2O3/c1-9(16)10-3-2-4-12(7-10)20-14-8-11(15)5-6-13(14)17(18)19/h2-9H,16H2,1H3. The first-order valence-corrected chi connectivity index (χ1v) is 5.94. The Kier molecular flexibility index (Phi) is 3.95. The summed E-state index contributed by atoms with van der Waals surface area (Å²) in [4.78, 5) is 10.3. The minimum atomic E-state index is -0.621. The van der Waals surface area contributed by atoms with E-state index < -0.39 is 10.7 Å². The Morgan fingerprint density at radius 1 is 1.30 bits per heavy atom. The van der Waals surface area contributed by atoms with Crippen molar-refractivity contribution in [2.75, 3.05) is 0 Å². The third kappa shape index (κ3) is 3.10. The quantitative estimate of drug-likeness (QED) is 0.684. The van der Waals surface area contributed by atoms with Crippen molar-refractivity contribution in [1.29, 1.82) is 0 Å². The maximum atomic E-state index is 13.2. The molecular weight excluding hydrogens is 263 g/mol. The molecule has 0 spiro atoms. The fourth-order valence-corrected chi connectivity index (χ4v) is 1.71. The Morgan fingerprint density at radius 2 is 2.05 bits per heavy atom. The lowest BCUT2D eigenvalue weighted by molar-refractivity contribution is -0.385. The molecule has 104 valence electrons. The van der Waals surface area contributed by atoms with E-state index in [0.717, 1.165) is 23.8 Å². The largest absolute Gasteiger partial charge is 0.450 e. The van der Waals surface area contributed by atoms with Gasteiger partial charge in [-0.3, -0.25) is 10.1 Å². The van der Waals surface area contributed by atoms with E-state index in [2.05, 4.69) is 0 Å². The van der Waals surface area contributed by atoms with Crippen LogP contribution in [0.2, 0.25) is 0 Å². The molecule has 5 nitrogen and oxygen atoms in total. The fourth-order valence-electron chi connectivity index (χ4n) is 1.71. The summed E-state index contributed by atoms with van der Waals surface area (Å²) >= 11 is 0. The van der Waals surface area contributed by atoms with Gasteiger partial charge in [0.1, 0.15) is 11.6 Å². The highest BCUT2D eigenvalue weighted by Crippen LogP contribution is 2.32. The van der Waals surface area contributed by atoms with Crippen LogP contribution in [-0.4, -0.2) is 4.92 Å². The second kappa shape index (κ2) is 5.66. The molecular formula is C14H13FN2O3. The van der Waals surface area contributed by atoms with Crippen LogP contribution in [0.5, 0.6) is 11.5 Å². The number of nitrogens with zero attached hydrogens (tertiary/aromatic N) is 1. The highest BCUT2D eigenvalue weighted by molar-refractivity contribution is 5.48. The van der Waals surface area contributed by atoms with E-state index in [0.29, 0.717) is 5.75 Å². The van der Waals surface area contributed by atoms with Gasteiger partial charge in [-0.05, 0) is 30.7 Å². The van der Waals surface area contributed by atoms with Crippen molar-refractivity contribution in [3.63, 3.8) is 0 Å². The number of halogens is 1. The summed E-state index contributed by atoms with van der Waals surface area (Å²) in [5.41, 5.74) is 6.28. The van der Waals surface area contributed by atoms with Gasteiger partial charge in [0.25, 0.3) is 0 Å². The summed E-state index contributed by atoms with van der Waals surface area (Å²) in [5, 5.41) is 10.9. The molecule has 0 radical (unpaired) electrons. The molecule has 0 aliphatic carbocycles. The molecule has 6 heteroatoms. The lowest BCUT2D eigenvalue weighted by atomic mass is 10.1. The van der Waals surface area contributed by atoms with Crippen molar-refractivity contribution in [3.8, 4) is 11.5 Å². The number of hydrogen-bond acceptors (Lipinski definition) is 4. The third-order valence-electron chi connectivity index (χ3n) is 2.73. The molecule has 0 saturated heterocycles. The van der Waals surface area contributed by atoms with Gasteiger partial charge in [-0.15, -0.1) is 0 Å². The van der Waals surface area contributed by atoms with Gasteiger partial charge in [0.15, 0.2) is 0 Å². The molecule has 2 rings (SSSR count). The zero-order chi connectivity index (χ0) is 14.7. The molecule has 0 amide bonds. The Bertz CT molecular complexity index is 644. The maximum absolute atomic E-state index is 13.2. The minimum Gasteiger partial charge on any atom is -0.450 e. The summed E-state index contributed by atoms with van der Waals surface area (Å²) < 4.78 is 18.6. The summed E-state index contributed by atoms with van der Waals surface area (Å²) in [7, 11) is 0. The second-order valence-corrected chi connectivity index (χ2v) is 4.33. The van der Waals surface area contributed by atoms with Gasteiger partial charge in [-0.25, -0.2) is 4.39 Å². The second-order valence-electron chi connectivity index (χ2n) is 4.33. The highest BCUT2D eigenvalue weighted by atomic mass is 19.1. The molecule has 0 heterocycles. The first-order chi connectivity index (χ1) is 9.47. The molecule has 0 aliphatic rings. The number of rotatable bonds is 4. The molecule has 2 N–H and O–H groups in total. The predicted octanol–water partition coefficient (Wildman–Crippen LogP) is 3.55. The van der Waals surface area contributed by atoms with E-state index >= 15 is 0 Å². The van der Waals surface area contributed by atoms with Crippen molar-refractivity contribution in [2.45, 2.75) is 13.0 Å². The maximum Gasteiger partial charge on any atom is 0.311 e. The van der Waals surface area contributed by atoms with Gasteiger partial charge in [0.05, 0.1) is 4.92 Å². The van der Waals surface area contributed by atoms with Gasteiger partial charge in [0.2, 0.25) is 5.75 Å². The van der Waals surface area contributed by atoms with Gasteiger partial charge in [-0.2, -0.15) is 0 Å². The van der Waals surface area contributed by atoms with Crippen LogP contribution in [0, 0.1) is 15.9 Å². The monoisotopic (exact) mass is 276 g/mol. The average molecular weight is 276 g/mol. The van der Waals surface area contributed by atoms with E-state index in [1.54, 1.807) is 18.2 Å². The van der Waals surface area contributed by atoms with E-state index in [1.807, 2.05) is 13.0 Å². The van der Waals surface area contributed by atoms with E-state index in [9.17, 15) is 14.5 Å². The van der Waals surface area contributed by atoms with Crippen molar-refractivity contribution in [3.05, 3.63) is 64.0 Å². The molecule has 1 unspecified atom stereocenters. The van der Waals surface area contributed by atoms with Crippen molar-refractivity contribution in [2.24, 2.45) is 5.73 Å². The predicted molar refractivity (Wildman–Crippen MR) is 72.2 cm³/mol. The molecule has 0 aromatic heterocycles. The molecule has 0 saturated carbocycles. The van der Waals surface area contributed by atoms with Crippen molar-refractivity contribution >= 4 is 5.69 Å². The lowest BCUT2D eigenvalue weighted by Crippen LogP contribution is -2.04.